The van der Waals surface area contributed by atoms with Crippen LogP contribution < -0.4 is 11.0 Å². The molecule has 1 unspecified atom stereocenters. The van der Waals surface area contributed by atoms with Crippen molar-refractivity contribution in [3.8, 4) is 5.69 Å². The smallest absolute Gasteiger partial charge is 0.357 e. The van der Waals surface area contributed by atoms with Crippen LogP contribution in [0, 0.1) is 0 Å². The van der Waals surface area contributed by atoms with Gasteiger partial charge in [0.25, 0.3) is 0 Å². The van der Waals surface area contributed by atoms with E-state index < -0.39 is 5.60 Å². The lowest BCUT2D eigenvalue weighted by molar-refractivity contribution is 0.00583. The number of morpholine rings is 1. The monoisotopic (exact) mass is 559 g/mol. The van der Waals surface area contributed by atoms with Gasteiger partial charge >= 0.3 is 11.7 Å². The molecule has 2 aliphatic heterocycles. The number of pyridine rings is 1. The van der Waals surface area contributed by atoms with Gasteiger partial charge in [0.2, 0.25) is 0 Å². The molecule has 2 fully saturated rings. The third-order valence-corrected chi connectivity index (χ3v) is 7.75. The van der Waals surface area contributed by atoms with Crippen LogP contribution >= 0.6 is 0 Å². The molecule has 2 aliphatic rings. The molecule has 0 amide bonds. The molecule has 5 heterocycles. The molecule has 2 atom stereocenters. The Labute approximate surface area is 238 Å². The first-order chi connectivity index (χ1) is 19.7. The second-order valence-electron chi connectivity index (χ2n) is 11.8. The van der Waals surface area contributed by atoms with Crippen LogP contribution in [-0.2, 0) is 23.1 Å². The number of rotatable bonds is 6. The van der Waals surface area contributed by atoms with Gasteiger partial charge in [0.05, 0.1) is 42.7 Å². The zero-order valence-corrected chi connectivity index (χ0v) is 24.0. The van der Waals surface area contributed by atoms with Gasteiger partial charge in [0.15, 0.2) is 5.65 Å². The average Bonchev–Trinajstić information content (AvgIpc) is 3.64. The summed E-state index contributed by atoms with van der Waals surface area (Å²) < 4.78 is 16.8. The van der Waals surface area contributed by atoms with Crippen molar-refractivity contribution in [1.29, 1.82) is 0 Å². The summed E-state index contributed by atoms with van der Waals surface area (Å²) in [7, 11) is 1.83. The highest BCUT2D eigenvalue weighted by Crippen LogP contribution is 2.27. The molecule has 41 heavy (non-hydrogen) atoms. The number of carbonyl (C=O) groups excluding carboxylic acids is 1. The molecule has 2 saturated heterocycles. The molecule has 0 aliphatic carbocycles. The predicted octanol–water partition coefficient (Wildman–Crippen LogP) is 2.98. The number of fused-ring (bicyclic) bond motifs is 1. The van der Waals surface area contributed by atoms with Gasteiger partial charge in [0, 0.05) is 39.4 Å². The van der Waals surface area contributed by atoms with Crippen LogP contribution in [0.5, 0.6) is 0 Å². The average molecular weight is 560 g/mol. The number of nitrogens with one attached hydrogen (secondary N) is 1. The number of nitrogens with zero attached hydrogens (tertiary/aromatic N) is 6. The molecule has 6 rings (SSSR count). The van der Waals surface area contributed by atoms with Gasteiger partial charge in [-0.15, -0.1) is 0 Å². The van der Waals surface area contributed by atoms with E-state index in [9.17, 15) is 9.59 Å². The molecule has 0 spiro atoms. The highest BCUT2D eigenvalue weighted by atomic mass is 16.6. The lowest BCUT2D eigenvalue weighted by Crippen LogP contribution is -2.33. The van der Waals surface area contributed by atoms with Gasteiger partial charge in [-0.2, -0.15) is 0 Å². The number of hydrogen-bond donors (Lipinski definition) is 1. The standard InChI is InChI=1S/C30H37N7O4/c1-30(2,3)41-28(38)24-16-33-26(34(24)4)19-35-14-11-22(18-35)37-27-23(6-5-12-32-27)36(29(37)39)21-9-7-20(8-10-21)25-17-31-13-15-40-25/h5-10,12,16,22,25,31H,11,13-15,17-19H2,1-4H3/t22-,25?/m0/s1. The molecule has 1 N–H and O–H groups in total. The van der Waals surface area contributed by atoms with Crippen LogP contribution in [-0.4, -0.2) is 72.9 Å². The Bertz CT molecular complexity index is 1610. The number of carbonyl (C=O) groups is 1. The minimum absolute atomic E-state index is 0.0148. The summed E-state index contributed by atoms with van der Waals surface area (Å²) in [5.74, 6) is 0.385. The molecular formula is C30H37N7O4. The Kier molecular flexibility index (Phi) is 7.27. The van der Waals surface area contributed by atoms with Gasteiger partial charge in [-0.3, -0.25) is 14.0 Å². The fraction of sp³-hybridized carbons (Fsp3) is 0.467. The van der Waals surface area contributed by atoms with Crippen molar-refractivity contribution >= 4 is 17.1 Å². The highest BCUT2D eigenvalue weighted by molar-refractivity contribution is 5.87. The van der Waals surface area contributed by atoms with Gasteiger partial charge in [-0.1, -0.05) is 12.1 Å². The molecule has 11 nitrogen and oxygen atoms in total. The summed E-state index contributed by atoms with van der Waals surface area (Å²) in [5, 5.41) is 3.36. The van der Waals surface area contributed by atoms with E-state index in [0.717, 1.165) is 48.6 Å². The molecule has 1 aromatic carbocycles. The summed E-state index contributed by atoms with van der Waals surface area (Å²) in [6, 6.07) is 11.8. The molecule has 3 aromatic heterocycles. The van der Waals surface area contributed by atoms with Crippen molar-refractivity contribution in [2.45, 2.75) is 51.5 Å². The summed E-state index contributed by atoms with van der Waals surface area (Å²) in [4.78, 5) is 37.9. The number of hydrogen-bond acceptors (Lipinski definition) is 8. The predicted molar refractivity (Wildman–Crippen MR) is 154 cm³/mol. The van der Waals surface area contributed by atoms with Crippen LogP contribution in [0.2, 0.25) is 0 Å². The molecule has 0 saturated carbocycles. The van der Waals surface area contributed by atoms with Crippen molar-refractivity contribution < 1.29 is 14.3 Å². The molecular weight excluding hydrogens is 522 g/mol. The number of benzene rings is 1. The molecule has 4 aromatic rings. The SMILES string of the molecule is Cn1c(C(=O)OC(C)(C)C)cnc1CN1CC[C@H](n2c(=O)n(-c3ccc(C4CNCCO4)cc3)c3cccnc32)C1. The van der Waals surface area contributed by atoms with Gasteiger partial charge in [0.1, 0.15) is 17.1 Å². The van der Waals surface area contributed by atoms with Crippen molar-refractivity contribution in [3.63, 3.8) is 0 Å². The van der Waals surface area contributed by atoms with Crippen LogP contribution in [0.15, 0.2) is 53.6 Å². The van der Waals surface area contributed by atoms with Crippen LogP contribution in [0.25, 0.3) is 16.9 Å². The zero-order valence-electron chi connectivity index (χ0n) is 24.0. The summed E-state index contributed by atoms with van der Waals surface area (Å²) in [6.45, 7) is 9.92. The lowest BCUT2D eigenvalue weighted by Gasteiger charge is -2.24. The first-order valence-electron chi connectivity index (χ1n) is 14.2. The number of likely N-dealkylation sites (tertiary alicyclic amines) is 1. The number of imidazole rings is 2. The van der Waals surface area contributed by atoms with Crippen molar-refractivity contribution in [3.05, 3.63) is 76.4 Å². The second-order valence-corrected chi connectivity index (χ2v) is 11.8. The zero-order chi connectivity index (χ0) is 28.7. The van der Waals surface area contributed by atoms with E-state index in [1.807, 2.05) is 68.8 Å². The van der Waals surface area contributed by atoms with E-state index in [4.69, 9.17) is 9.47 Å². The summed E-state index contributed by atoms with van der Waals surface area (Å²) >= 11 is 0. The van der Waals surface area contributed by atoms with Gasteiger partial charge in [-0.05, 0) is 57.0 Å². The normalized spacial score (nSPS) is 20.1. The molecule has 0 radical (unpaired) electrons. The number of aromatic nitrogens is 5. The molecule has 216 valence electrons. The van der Waals surface area contributed by atoms with Gasteiger partial charge < -0.3 is 19.4 Å². The van der Waals surface area contributed by atoms with Crippen molar-refractivity contribution in [2.75, 3.05) is 32.8 Å². The van der Waals surface area contributed by atoms with Crippen LogP contribution in [0.3, 0.4) is 0 Å². The van der Waals surface area contributed by atoms with E-state index in [1.54, 1.807) is 21.5 Å². The third kappa shape index (κ3) is 5.44. The van der Waals surface area contributed by atoms with Crippen LogP contribution in [0.1, 0.15) is 61.2 Å². The third-order valence-electron chi connectivity index (χ3n) is 7.75. The largest absolute Gasteiger partial charge is 0.455 e. The maximum Gasteiger partial charge on any atom is 0.357 e. The Hall–Kier alpha value is -3.80. The van der Waals surface area contributed by atoms with Crippen molar-refractivity contribution in [1.82, 2.24) is 33.9 Å². The Balaban J connectivity index is 1.23. The maximum absolute atomic E-state index is 13.9. The minimum atomic E-state index is -0.576. The van der Waals surface area contributed by atoms with E-state index in [-0.39, 0.29) is 23.8 Å². The van der Waals surface area contributed by atoms with E-state index in [0.29, 0.717) is 31.0 Å². The fourth-order valence-electron chi connectivity index (χ4n) is 5.73. The molecule has 0 bridgehead atoms. The van der Waals surface area contributed by atoms with Crippen molar-refractivity contribution in [2.24, 2.45) is 7.05 Å². The quantitative estimate of drug-likeness (QED) is 0.359. The highest BCUT2D eigenvalue weighted by Gasteiger charge is 2.30. The fourth-order valence-corrected chi connectivity index (χ4v) is 5.73. The minimum Gasteiger partial charge on any atom is -0.455 e. The maximum atomic E-state index is 13.9. The summed E-state index contributed by atoms with van der Waals surface area (Å²) in [6.07, 6.45) is 4.13. The number of ether oxygens (including phenoxy) is 2. The van der Waals surface area contributed by atoms with E-state index in [2.05, 4.69) is 20.2 Å². The Morgan fingerprint density at radius 1 is 1.17 bits per heavy atom. The first kappa shape index (κ1) is 27.4. The van der Waals surface area contributed by atoms with Gasteiger partial charge in [-0.25, -0.2) is 19.6 Å². The summed E-state index contributed by atoms with van der Waals surface area (Å²) in [5.41, 5.74) is 3.10. The topological polar surface area (TPSA) is 108 Å². The van der Waals surface area contributed by atoms with E-state index >= 15 is 0 Å². The number of esters is 1. The Morgan fingerprint density at radius 3 is 2.71 bits per heavy atom. The molecule has 11 heteroatoms. The van der Waals surface area contributed by atoms with Crippen LogP contribution in [0.4, 0.5) is 0 Å². The van der Waals surface area contributed by atoms with E-state index in [1.165, 1.54) is 0 Å². The first-order valence-corrected chi connectivity index (χ1v) is 14.2. The lowest BCUT2D eigenvalue weighted by atomic mass is 10.1. The second kappa shape index (κ2) is 10.9. The Morgan fingerprint density at radius 2 is 1.98 bits per heavy atom.